The first-order chi connectivity index (χ1) is 30.4. The van der Waals surface area contributed by atoms with Crippen molar-refractivity contribution in [3.63, 3.8) is 0 Å². The van der Waals surface area contributed by atoms with Crippen LogP contribution in [0.25, 0.3) is 16.6 Å². The molecule has 0 unspecified atom stereocenters. The van der Waals surface area contributed by atoms with Crippen LogP contribution in [-0.4, -0.2) is 99.9 Å². The number of carbonyl (C=O) groups excluding carboxylic acids is 1. The minimum Gasteiger partial charge on any atom is -0.455 e. The van der Waals surface area contributed by atoms with E-state index in [0.29, 0.717) is 93.9 Å². The summed E-state index contributed by atoms with van der Waals surface area (Å²) in [6.45, 7) is 3.22. The van der Waals surface area contributed by atoms with E-state index in [0.717, 1.165) is 41.0 Å². The molecule has 0 saturated carbocycles. The number of halogens is 3. The lowest BCUT2D eigenvalue weighted by atomic mass is 9.71. The highest BCUT2D eigenvalue weighted by Crippen LogP contribution is 2.44. The van der Waals surface area contributed by atoms with Crippen molar-refractivity contribution in [2.75, 3.05) is 76.0 Å². The second-order valence-electron chi connectivity index (χ2n) is 16.5. The van der Waals surface area contributed by atoms with Gasteiger partial charge < -0.3 is 24.7 Å². The number of nitrogens with one attached hydrogen (secondary N) is 3. The van der Waals surface area contributed by atoms with Crippen molar-refractivity contribution in [2.24, 2.45) is 11.3 Å². The summed E-state index contributed by atoms with van der Waals surface area (Å²) < 4.78 is 69.7. The Bertz CT molecular complexity index is 2610. The van der Waals surface area contributed by atoms with Gasteiger partial charge in [0.15, 0.2) is 0 Å². The topological polar surface area (TPSA) is 172 Å². The van der Waals surface area contributed by atoms with E-state index in [-0.39, 0.29) is 22.9 Å². The molecule has 0 atom stereocenters. The normalized spacial score (nSPS) is 17.5. The molecule has 3 aromatic carbocycles. The average molecular weight is 904 g/mol. The van der Waals surface area contributed by atoms with Gasteiger partial charge in [0.1, 0.15) is 22.8 Å². The first-order valence-electron chi connectivity index (χ1n) is 20.9. The number of piperazine rings is 1. The number of alkyl halides is 2. The fourth-order valence-electron chi connectivity index (χ4n) is 8.57. The highest BCUT2D eigenvalue weighted by molar-refractivity contribution is 7.90. The number of aromatic nitrogens is 2. The maximum absolute atomic E-state index is 14.3. The van der Waals surface area contributed by atoms with E-state index in [2.05, 4.69) is 29.8 Å². The van der Waals surface area contributed by atoms with E-state index < -0.39 is 50.2 Å². The number of anilines is 2. The van der Waals surface area contributed by atoms with Crippen molar-refractivity contribution < 1.29 is 36.4 Å². The number of amides is 1. The van der Waals surface area contributed by atoms with Crippen LogP contribution in [0.2, 0.25) is 5.02 Å². The van der Waals surface area contributed by atoms with Crippen LogP contribution >= 0.6 is 11.6 Å². The molecule has 1 amide bonds. The van der Waals surface area contributed by atoms with Crippen LogP contribution in [0.5, 0.6) is 11.5 Å². The lowest BCUT2D eigenvalue weighted by Crippen LogP contribution is -2.47. The molecule has 63 heavy (non-hydrogen) atoms. The number of allylic oxidation sites excluding steroid dienone is 1. The number of benzene rings is 3. The number of hydrogen-bond acceptors (Lipinski definition) is 11. The standard InChI is InChI=1S/C45H48ClF2N7O7S/c46-34-3-1-31(2-4-34)38-9-13-45(28-47,29-48)24-33(38)27-53-15-17-54(18-16-53)35-5-7-39(42(22-35)62-36-21-32-10-14-49-43(32)51-26-36)44(56)52-63(59,60)37-6-8-40(41(23-37)55(57)58)50-25-30-11-19-61-20-12-30/h1-8,10,14,21-23,26,30,50H,9,11-13,15-20,24-25,27-29H2,(H,49,51)(H,52,56). The summed E-state index contributed by atoms with van der Waals surface area (Å²) in [5.74, 6) is -0.388. The molecule has 2 fully saturated rings. The van der Waals surface area contributed by atoms with E-state index in [4.69, 9.17) is 21.1 Å². The van der Waals surface area contributed by atoms with Crippen molar-refractivity contribution in [1.82, 2.24) is 19.6 Å². The Morgan fingerprint density at radius 3 is 2.51 bits per heavy atom. The molecule has 18 heteroatoms. The molecule has 8 rings (SSSR count). The molecule has 332 valence electrons. The Labute approximate surface area is 368 Å². The maximum Gasteiger partial charge on any atom is 0.293 e. The van der Waals surface area contributed by atoms with Crippen LogP contribution in [0.1, 0.15) is 48.0 Å². The fraction of sp³-hybridized carbons (Fsp3) is 0.378. The van der Waals surface area contributed by atoms with Crippen molar-refractivity contribution >= 4 is 61.2 Å². The first kappa shape index (κ1) is 44.0. The highest BCUT2D eigenvalue weighted by Gasteiger charge is 2.37. The predicted molar refractivity (Wildman–Crippen MR) is 238 cm³/mol. The van der Waals surface area contributed by atoms with Gasteiger partial charge >= 0.3 is 0 Å². The number of nitro groups is 1. The molecule has 5 aromatic rings. The van der Waals surface area contributed by atoms with E-state index in [1.54, 1.807) is 24.4 Å². The summed E-state index contributed by atoms with van der Waals surface area (Å²) in [6.07, 6.45) is 6.15. The van der Waals surface area contributed by atoms with Gasteiger partial charge in [0.2, 0.25) is 0 Å². The Morgan fingerprint density at radius 1 is 1.02 bits per heavy atom. The molecule has 0 radical (unpaired) electrons. The first-order valence-corrected chi connectivity index (χ1v) is 22.8. The molecule has 0 bridgehead atoms. The molecular formula is C45H48ClF2N7O7S. The zero-order chi connectivity index (χ0) is 44.1. The number of hydrogen-bond donors (Lipinski definition) is 3. The number of aromatic amines is 1. The van der Waals surface area contributed by atoms with Crippen LogP contribution in [-0.2, 0) is 14.8 Å². The quantitative estimate of drug-likeness (QED) is 0.0679. The highest BCUT2D eigenvalue weighted by atomic mass is 35.5. The number of H-pyrrole nitrogens is 1. The molecular weight excluding hydrogens is 856 g/mol. The van der Waals surface area contributed by atoms with E-state index in [1.165, 1.54) is 24.4 Å². The number of carbonyl (C=O) groups is 1. The summed E-state index contributed by atoms with van der Waals surface area (Å²) in [4.78, 5) is 36.7. The molecule has 14 nitrogen and oxygen atoms in total. The van der Waals surface area contributed by atoms with Gasteiger partial charge in [-0.05, 0) is 97.7 Å². The van der Waals surface area contributed by atoms with Crippen molar-refractivity contribution in [2.45, 2.75) is 37.0 Å². The number of fused-ring (bicyclic) bond motifs is 1. The van der Waals surface area contributed by atoms with Crippen LogP contribution in [0.15, 0.2) is 95.7 Å². The Hall–Kier alpha value is -5.62. The zero-order valence-electron chi connectivity index (χ0n) is 34.5. The second kappa shape index (κ2) is 19.0. The van der Waals surface area contributed by atoms with E-state index in [1.807, 2.05) is 30.3 Å². The van der Waals surface area contributed by atoms with E-state index >= 15 is 0 Å². The monoisotopic (exact) mass is 903 g/mol. The lowest BCUT2D eigenvalue weighted by Gasteiger charge is -2.40. The van der Waals surface area contributed by atoms with Crippen molar-refractivity contribution in [3.8, 4) is 11.5 Å². The molecule has 1 aliphatic carbocycles. The van der Waals surface area contributed by atoms with Crippen LogP contribution in [0, 0.1) is 21.4 Å². The maximum atomic E-state index is 14.3. The average Bonchev–Trinajstić information content (AvgIpc) is 3.77. The Balaban J connectivity index is 1.01. The van der Waals surface area contributed by atoms with Gasteiger partial charge in [-0.25, -0.2) is 18.1 Å². The minimum atomic E-state index is -4.60. The van der Waals surface area contributed by atoms with Gasteiger partial charge in [-0.2, -0.15) is 0 Å². The number of rotatable bonds is 15. The third-order valence-electron chi connectivity index (χ3n) is 12.3. The molecule has 2 aromatic heterocycles. The lowest BCUT2D eigenvalue weighted by molar-refractivity contribution is -0.384. The SMILES string of the molecule is O=C(NS(=O)(=O)c1ccc(NCC2CCOCC2)c([N+](=O)[O-])c1)c1ccc(N2CCN(CC3=C(c4ccc(Cl)cc4)CCC(CF)(CF)C3)CC2)cc1Oc1cnc2[nH]ccc2c1. The minimum absolute atomic E-state index is 0.0618. The van der Waals surface area contributed by atoms with Gasteiger partial charge in [0.25, 0.3) is 21.6 Å². The number of sulfonamides is 1. The number of nitro benzene ring substituents is 1. The molecule has 2 aliphatic heterocycles. The van der Waals surface area contributed by atoms with E-state index in [9.17, 15) is 32.1 Å². The fourth-order valence-corrected chi connectivity index (χ4v) is 9.68. The summed E-state index contributed by atoms with van der Waals surface area (Å²) in [6, 6.07) is 19.4. The van der Waals surface area contributed by atoms with Crippen LogP contribution < -0.4 is 19.7 Å². The van der Waals surface area contributed by atoms with Gasteiger partial charge in [0.05, 0.1) is 34.9 Å². The van der Waals surface area contributed by atoms with Gasteiger partial charge in [-0.15, -0.1) is 0 Å². The molecule has 3 aliphatic rings. The Morgan fingerprint density at radius 2 is 1.78 bits per heavy atom. The van der Waals surface area contributed by atoms with Crippen molar-refractivity contribution in [3.05, 3.63) is 117 Å². The van der Waals surface area contributed by atoms with Crippen molar-refractivity contribution in [1.29, 1.82) is 0 Å². The summed E-state index contributed by atoms with van der Waals surface area (Å²) in [7, 11) is -4.60. The summed E-state index contributed by atoms with van der Waals surface area (Å²) in [5, 5.41) is 16.5. The smallest absolute Gasteiger partial charge is 0.293 e. The van der Waals surface area contributed by atoms with Crippen LogP contribution in [0.3, 0.4) is 0 Å². The molecule has 3 N–H and O–H groups in total. The second-order valence-corrected chi connectivity index (χ2v) is 18.6. The molecule has 4 heterocycles. The zero-order valence-corrected chi connectivity index (χ0v) is 36.0. The summed E-state index contributed by atoms with van der Waals surface area (Å²) >= 11 is 6.17. The third kappa shape index (κ3) is 10.1. The van der Waals surface area contributed by atoms with Gasteiger partial charge in [-0.3, -0.25) is 28.6 Å². The number of ether oxygens (including phenoxy) is 2. The van der Waals surface area contributed by atoms with Gasteiger partial charge in [-0.1, -0.05) is 29.3 Å². The summed E-state index contributed by atoms with van der Waals surface area (Å²) in [5.41, 5.74) is 3.07. The third-order valence-corrected chi connectivity index (χ3v) is 13.9. The van der Waals surface area contributed by atoms with Gasteiger partial charge in [0, 0.05) is 92.3 Å². The molecule has 0 spiro atoms. The largest absolute Gasteiger partial charge is 0.455 e. The Kier molecular flexibility index (Phi) is 13.3. The predicted octanol–water partition coefficient (Wildman–Crippen LogP) is 8.56. The van der Waals surface area contributed by atoms with Crippen LogP contribution in [0.4, 0.5) is 25.8 Å². The molecule has 2 saturated heterocycles. The number of pyridine rings is 1. The number of nitrogens with zero attached hydrogens (tertiary/aromatic N) is 4.